The van der Waals surface area contributed by atoms with Gasteiger partial charge in [0.05, 0.1) is 6.04 Å². The molecular weight excluding hydrogens is 248 g/mol. The van der Waals surface area contributed by atoms with Crippen molar-refractivity contribution >= 4 is 5.91 Å². The maximum atomic E-state index is 12.7. The van der Waals surface area contributed by atoms with E-state index in [-0.39, 0.29) is 17.4 Å². The number of carbonyl (C=O) groups excluding carboxylic acids is 1. The van der Waals surface area contributed by atoms with Crippen molar-refractivity contribution in [3.63, 3.8) is 0 Å². The molecule has 0 fully saturated rings. The van der Waals surface area contributed by atoms with Crippen LogP contribution in [0, 0.1) is 5.41 Å². The van der Waals surface area contributed by atoms with Crippen molar-refractivity contribution in [2.24, 2.45) is 11.1 Å². The summed E-state index contributed by atoms with van der Waals surface area (Å²) in [4.78, 5) is 14.6. The summed E-state index contributed by atoms with van der Waals surface area (Å²) in [6, 6.07) is 9.80. The van der Waals surface area contributed by atoms with Crippen molar-refractivity contribution in [1.29, 1.82) is 0 Å². The summed E-state index contributed by atoms with van der Waals surface area (Å²) < 4.78 is 0. The molecule has 0 saturated heterocycles. The third-order valence-corrected chi connectivity index (χ3v) is 3.80. The monoisotopic (exact) mass is 276 g/mol. The molecule has 0 aliphatic rings. The molecule has 3 nitrogen and oxygen atoms in total. The average molecular weight is 276 g/mol. The van der Waals surface area contributed by atoms with E-state index < -0.39 is 6.04 Å². The molecule has 1 rings (SSSR count). The molecular formula is C17H28N2O. The van der Waals surface area contributed by atoms with Crippen LogP contribution in [-0.2, 0) is 11.3 Å². The lowest BCUT2D eigenvalue weighted by atomic mass is 9.86. The highest BCUT2D eigenvalue weighted by atomic mass is 16.2. The summed E-state index contributed by atoms with van der Waals surface area (Å²) in [6.07, 6.45) is 0.926. The average Bonchev–Trinajstić information content (AvgIpc) is 2.42. The summed E-state index contributed by atoms with van der Waals surface area (Å²) in [5.74, 6) is 0.0377. The van der Waals surface area contributed by atoms with E-state index in [4.69, 9.17) is 5.73 Å². The number of nitrogens with two attached hydrogens (primary N) is 1. The Labute approximate surface area is 123 Å². The second kappa shape index (κ2) is 6.89. The number of hydrogen-bond donors (Lipinski definition) is 1. The van der Waals surface area contributed by atoms with Gasteiger partial charge in [-0.15, -0.1) is 0 Å². The quantitative estimate of drug-likeness (QED) is 0.897. The molecule has 0 heterocycles. The third-order valence-electron chi connectivity index (χ3n) is 3.80. The molecule has 1 aromatic rings. The third kappa shape index (κ3) is 4.34. The number of benzene rings is 1. The topological polar surface area (TPSA) is 46.3 Å². The van der Waals surface area contributed by atoms with E-state index in [0.717, 1.165) is 12.0 Å². The summed E-state index contributed by atoms with van der Waals surface area (Å²) in [7, 11) is 0. The van der Waals surface area contributed by atoms with E-state index in [9.17, 15) is 4.79 Å². The Morgan fingerprint density at radius 2 is 1.80 bits per heavy atom. The minimum atomic E-state index is -0.472. The van der Waals surface area contributed by atoms with E-state index in [1.54, 1.807) is 0 Å². The molecule has 0 bridgehead atoms. The molecule has 112 valence electrons. The molecule has 0 aliphatic carbocycles. The highest BCUT2D eigenvalue weighted by Gasteiger charge is 2.32. The van der Waals surface area contributed by atoms with Gasteiger partial charge in [0.25, 0.3) is 0 Å². The summed E-state index contributed by atoms with van der Waals surface area (Å²) in [5.41, 5.74) is 7.07. The zero-order valence-electron chi connectivity index (χ0n) is 13.4. The van der Waals surface area contributed by atoms with Crippen LogP contribution in [0.4, 0.5) is 0 Å². The molecule has 1 amide bonds. The van der Waals surface area contributed by atoms with Crippen LogP contribution in [-0.4, -0.2) is 22.9 Å². The van der Waals surface area contributed by atoms with Crippen molar-refractivity contribution in [2.45, 2.75) is 59.7 Å². The van der Waals surface area contributed by atoms with Crippen LogP contribution in [0.5, 0.6) is 0 Å². The molecule has 0 aliphatic heterocycles. The van der Waals surface area contributed by atoms with Gasteiger partial charge in [0.15, 0.2) is 0 Å². The molecule has 1 unspecified atom stereocenters. The zero-order valence-corrected chi connectivity index (χ0v) is 13.4. The highest BCUT2D eigenvalue weighted by Crippen LogP contribution is 2.21. The Morgan fingerprint density at radius 1 is 1.25 bits per heavy atom. The fourth-order valence-electron chi connectivity index (χ4n) is 2.00. The summed E-state index contributed by atoms with van der Waals surface area (Å²) in [5, 5.41) is 0. The molecule has 2 atom stereocenters. The fourth-order valence-corrected chi connectivity index (χ4v) is 2.00. The van der Waals surface area contributed by atoms with Crippen molar-refractivity contribution in [1.82, 2.24) is 4.90 Å². The van der Waals surface area contributed by atoms with Crippen LogP contribution in [0.3, 0.4) is 0 Å². The maximum absolute atomic E-state index is 12.7. The van der Waals surface area contributed by atoms with Crippen LogP contribution in [0.25, 0.3) is 0 Å². The first-order chi connectivity index (χ1) is 9.27. The van der Waals surface area contributed by atoms with E-state index >= 15 is 0 Å². The van der Waals surface area contributed by atoms with E-state index in [2.05, 4.69) is 13.8 Å². The number of nitrogens with zero attached hydrogens (tertiary/aromatic N) is 1. The standard InChI is InChI=1S/C17H28N2O/c1-6-13(2)19(12-14-10-8-7-9-11-14)16(20)15(18)17(3,4)5/h7-11,13,15H,6,12,18H2,1-5H3/t13?,15-/m1/s1. The van der Waals surface area contributed by atoms with Crippen LogP contribution in [0.2, 0.25) is 0 Å². The molecule has 0 saturated carbocycles. The van der Waals surface area contributed by atoms with Gasteiger partial charge in [0.1, 0.15) is 0 Å². The van der Waals surface area contributed by atoms with Gasteiger partial charge in [-0.25, -0.2) is 0 Å². The normalized spacial score (nSPS) is 14.7. The molecule has 3 heteroatoms. The minimum absolute atomic E-state index is 0.0377. The minimum Gasteiger partial charge on any atom is -0.334 e. The van der Waals surface area contributed by atoms with Crippen LogP contribution < -0.4 is 5.73 Å². The number of rotatable bonds is 5. The Kier molecular flexibility index (Phi) is 5.75. The first-order valence-electron chi connectivity index (χ1n) is 7.37. The van der Waals surface area contributed by atoms with E-state index in [1.807, 2.05) is 56.0 Å². The van der Waals surface area contributed by atoms with Gasteiger partial charge >= 0.3 is 0 Å². The predicted octanol–water partition coefficient (Wildman–Crippen LogP) is 3.19. The van der Waals surface area contributed by atoms with Gasteiger partial charge in [0, 0.05) is 12.6 Å². The maximum Gasteiger partial charge on any atom is 0.240 e. The number of amides is 1. The molecule has 0 aromatic heterocycles. The molecule has 1 aromatic carbocycles. The van der Waals surface area contributed by atoms with Gasteiger partial charge in [-0.2, -0.15) is 0 Å². The van der Waals surface area contributed by atoms with Crippen molar-refractivity contribution in [3.05, 3.63) is 35.9 Å². The first-order valence-corrected chi connectivity index (χ1v) is 7.37. The van der Waals surface area contributed by atoms with E-state index in [1.165, 1.54) is 0 Å². The Bertz CT molecular complexity index is 422. The molecule has 20 heavy (non-hydrogen) atoms. The van der Waals surface area contributed by atoms with Gasteiger partial charge in [-0.1, -0.05) is 58.0 Å². The van der Waals surface area contributed by atoms with Crippen LogP contribution in [0.1, 0.15) is 46.6 Å². The second-order valence-electron chi connectivity index (χ2n) is 6.55. The molecule has 2 N–H and O–H groups in total. The second-order valence-corrected chi connectivity index (χ2v) is 6.55. The largest absolute Gasteiger partial charge is 0.334 e. The lowest BCUT2D eigenvalue weighted by Crippen LogP contribution is -2.52. The van der Waals surface area contributed by atoms with Gasteiger partial charge in [-0.05, 0) is 24.3 Å². The molecule has 0 spiro atoms. The molecule has 0 radical (unpaired) electrons. The van der Waals surface area contributed by atoms with Crippen LogP contribution >= 0.6 is 0 Å². The Hall–Kier alpha value is -1.35. The fraction of sp³-hybridized carbons (Fsp3) is 0.588. The lowest BCUT2D eigenvalue weighted by Gasteiger charge is -2.35. The Morgan fingerprint density at radius 3 is 2.25 bits per heavy atom. The smallest absolute Gasteiger partial charge is 0.240 e. The Balaban J connectivity index is 2.93. The van der Waals surface area contributed by atoms with Crippen LogP contribution in [0.15, 0.2) is 30.3 Å². The van der Waals surface area contributed by atoms with Gasteiger partial charge in [0.2, 0.25) is 5.91 Å². The van der Waals surface area contributed by atoms with Crippen molar-refractivity contribution in [2.75, 3.05) is 0 Å². The SMILES string of the molecule is CCC(C)N(Cc1ccccc1)C(=O)[C@@H](N)C(C)(C)C. The number of hydrogen-bond acceptors (Lipinski definition) is 2. The number of carbonyl (C=O) groups is 1. The first kappa shape index (κ1) is 16.7. The van der Waals surface area contributed by atoms with Crippen molar-refractivity contribution < 1.29 is 4.79 Å². The zero-order chi connectivity index (χ0) is 15.3. The van der Waals surface area contributed by atoms with E-state index in [0.29, 0.717) is 6.54 Å². The summed E-state index contributed by atoms with van der Waals surface area (Å²) in [6.45, 7) is 10.8. The van der Waals surface area contributed by atoms with Crippen molar-refractivity contribution in [3.8, 4) is 0 Å². The highest BCUT2D eigenvalue weighted by molar-refractivity contribution is 5.82. The van der Waals surface area contributed by atoms with Gasteiger partial charge in [-0.3, -0.25) is 4.79 Å². The predicted molar refractivity (Wildman–Crippen MR) is 84.2 cm³/mol. The lowest BCUT2D eigenvalue weighted by molar-refractivity contribution is -0.137. The summed E-state index contributed by atoms with van der Waals surface area (Å²) >= 11 is 0. The van der Waals surface area contributed by atoms with Gasteiger partial charge < -0.3 is 10.6 Å².